The van der Waals surface area contributed by atoms with E-state index in [2.05, 4.69) is 31.3 Å². The van der Waals surface area contributed by atoms with Crippen LogP contribution in [0.15, 0.2) is 23.1 Å². The molecule has 2 rings (SSSR count). The van der Waals surface area contributed by atoms with Crippen LogP contribution in [0.3, 0.4) is 0 Å². The second-order valence-corrected chi connectivity index (χ2v) is 6.34. The first-order valence-corrected chi connectivity index (χ1v) is 7.17. The van der Waals surface area contributed by atoms with E-state index >= 15 is 0 Å². The van der Waals surface area contributed by atoms with Gasteiger partial charge in [-0.05, 0) is 23.8 Å². The Morgan fingerprint density at radius 3 is 2.82 bits per heavy atom. The van der Waals surface area contributed by atoms with Gasteiger partial charge < -0.3 is 10.1 Å². The zero-order valence-electron chi connectivity index (χ0n) is 10.2. The van der Waals surface area contributed by atoms with Crippen molar-refractivity contribution < 1.29 is 4.74 Å². The molecule has 0 spiro atoms. The standard InChI is InChI=1S/C13H18ClNOS/c1-9(2)15-6-10-5-11(14)3-4-13(10)17-12-7-16-8-12/h3-5,9,12,15H,6-8H2,1-2H3. The molecule has 0 bridgehead atoms. The lowest BCUT2D eigenvalue weighted by atomic mass is 10.2. The second kappa shape index (κ2) is 6.10. The molecule has 94 valence electrons. The monoisotopic (exact) mass is 271 g/mol. The zero-order chi connectivity index (χ0) is 12.3. The molecule has 0 saturated carbocycles. The number of rotatable bonds is 5. The molecule has 1 fully saturated rings. The molecule has 1 aromatic carbocycles. The van der Waals surface area contributed by atoms with Crippen LogP contribution in [0.5, 0.6) is 0 Å². The molecule has 2 nitrogen and oxygen atoms in total. The number of hydrogen-bond donors (Lipinski definition) is 1. The topological polar surface area (TPSA) is 21.3 Å². The van der Waals surface area contributed by atoms with Gasteiger partial charge in [0.1, 0.15) is 0 Å². The summed E-state index contributed by atoms with van der Waals surface area (Å²) in [5.41, 5.74) is 1.28. The van der Waals surface area contributed by atoms with Crippen molar-refractivity contribution in [2.45, 2.75) is 36.6 Å². The van der Waals surface area contributed by atoms with Crippen molar-refractivity contribution in [3.63, 3.8) is 0 Å². The summed E-state index contributed by atoms with van der Waals surface area (Å²) in [5, 5.41) is 4.85. The number of benzene rings is 1. The van der Waals surface area contributed by atoms with E-state index < -0.39 is 0 Å². The Morgan fingerprint density at radius 2 is 2.24 bits per heavy atom. The lowest BCUT2D eigenvalue weighted by Crippen LogP contribution is -2.30. The van der Waals surface area contributed by atoms with E-state index in [0.29, 0.717) is 11.3 Å². The average molecular weight is 272 g/mol. The van der Waals surface area contributed by atoms with Crippen LogP contribution < -0.4 is 5.32 Å². The Hall–Kier alpha value is -0.220. The maximum absolute atomic E-state index is 6.05. The van der Waals surface area contributed by atoms with Crippen LogP contribution in [0.4, 0.5) is 0 Å². The van der Waals surface area contributed by atoms with Crippen molar-refractivity contribution in [3.05, 3.63) is 28.8 Å². The number of hydrogen-bond acceptors (Lipinski definition) is 3. The molecule has 1 aromatic rings. The summed E-state index contributed by atoms with van der Waals surface area (Å²) < 4.78 is 5.21. The van der Waals surface area contributed by atoms with Crippen molar-refractivity contribution in [2.75, 3.05) is 13.2 Å². The summed E-state index contributed by atoms with van der Waals surface area (Å²) in [6.45, 7) is 6.90. The van der Waals surface area contributed by atoms with Crippen LogP contribution in [0, 0.1) is 0 Å². The van der Waals surface area contributed by atoms with Crippen LogP contribution in [-0.2, 0) is 11.3 Å². The van der Waals surface area contributed by atoms with Gasteiger partial charge in [-0.3, -0.25) is 0 Å². The van der Waals surface area contributed by atoms with Gasteiger partial charge in [-0.25, -0.2) is 0 Å². The molecule has 0 aliphatic carbocycles. The van der Waals surface area contributed by atoms with E-state index in [-0.39, 0.29) is 0 Å². The molecule has 1 saturated heterocycles. The molecule has 0 amide bonds. The van der Waals surface area contributed by atoms with Crippen LogP contribution in [0.2, 0.25) is 5.02 Å². The molecule has 1 aliphatic rings. The first-order valence-electron chi connectivity index (χ1n) is 5.91. The Balaban J connectivity index is 2.06. The highest BCUT2D eigenvalue weighted by molar-refractivity contribution is 8.00. The fraction of sp³-hybridized carbons (Fsp3) is 0.538. The highest BCUT2D eigenvalue weighted by Crippen LogP contribution is 2.32. The predicted molar refractivity (Wildman–Crippen MR) is 73.9 cm³/mol. The summed E-state index contributed by atoms with van der Waals surface area (Å²) in [4.78, 5) is 1.32. The molecule has 0 atom stereocenters. The minimum Gasteiger partial charge on any atom is -0.379 e. The summed E-state index contributed by atoms with van der Waals surface area (Å²) in [7, 11) is 0. The second-order valence-electron chi connectivity index (χ2n) is 4.56. The van der Waals surface area contributed by atoms with Gasteiger partial charge >= 0.3 is 0 Å². The molecule has 4 heteroatoms. The summed E-state index contributed by atoms with van der Waals surface area (Å²) in [6.07, 6.45) is 0. The predicted octanol–water partition coefficient (Wildman–Crippen LogP) is 3.33. The normalized spacial score (nSPS) is 16.2. The molecule has 1 N–H and O–H groups in total. The van der Waals surface area contributed by atoms with E-state index in [0.717, 1.165) is 24.8 Å². The van der Waals surface area contributed by atoms with Crippen molar-refractivity contribution >= 4 is 23.4 Å². The quantitative estimate of drug-likeness (QED) is 0.888. The van der Waals surface area contributed by atoms with Crippen LogP contribution in [-0.4, -0.2) is 24.5 Å². The molecular formula is C13H18ClNOS. The minimum absolute atomic E-state index is 0.485. The summed E-state index contributed by atoms with van der Waals surface area (Å²) >= 11 is 7.95. The van der Waals surface area contributed by atoms with Gasteiger partial charge in [0.2, 0.25) is 0 Å². The SMILES string of the molecule is CC(C)NCc1cc(Cl)ccc1SC1COC1. The largest absolute Gasteiger partial charge is 0.379 e. The van der Waals surface area contributed by atoms with Crippen molar-refractivity contribution in [1.29, 1.82) is 0 Å². The molecule has 17 heavy (non-hydrogen) atoms. The third-order valence-corrected chi connectivity index (χ3v) is 4.12. The molecule has 1 heterocycles. The Labute approximate surface area is 112 Å². The van der Waals surface area contributed by atoms with Gasteiger partial charge in [0.05, 0.1) is 18.5 Å². The van der Waals surface area contributed by atoms with Crippen LogP contribution in [0.25, 0.3) is 0 Å². The number of thioether (sulfide) groups is 1. The summed E-state index contributed by atoms with van der Waals surface area (Å²) in [5.74, 6) is 0. The minimum atomic E-state index is 0.485. The highest BCUT2D eigenvalue weighted by atomic mass is 35.5. The maximum Gasteiger partial charge on any atom is 0.0611 e. The van der Waals surface area contributed by atoms with E-state index in [1.165, 1.54) is 10.5 Å². The van der Waals surface area contributed by atoms with Crippen molar-refractivity contribution in [3.8, 4) is 0 Å². The van der Waals surface area contributed by atoms with Gasteiger partial charge in [0.25, 0.3) is 0 Å². The fourth-order valence-corrected chi connectivity index (χ4v) is 2.89. The number of nitrogens with one attached hydrogen (secondary N) is 1. The zero-order valence-corrected chi connectivity index (χ0v) is 11.8. The van der Waals surface area contributed by atoms with Gasteiger partial charge in [-0.1, -0.05) is 25.4 Å². The third-order valence-electron chi connectivity index (χ3n) is 2.62. The maximum atomic E-state index is 6.05. The Bertz CT molecular complexity index is 380. The molecular weight excluding hydrogens is 254 g/mol. The van der Waals surface area contributed by atoms with Crippen molar-refractivity contribution in [2.24, 2.45) is 0 Å². The smallest absolute Gasteiger partial charge is 0.0611 e. The van der Waals surface area contributed by atoms with Gasteiger partial charge in [0, 0.05) is 22.5 Å². The van der Waals surface area contributed by atoms with Gasteiger partial charge in [0.15, 0.2) is 0 Å². The molecule has 0 aromatic heterocycles. The molecule has 1 aliphatic heterocycles. The fourth-order valence-electron chi connectivity index (χ4n) is 1.58. The van der Waals surface area contributed by atoms with Gasteiger partial charge in [-0.2, -0.15) is 0 Å². The lowest BCUT2D eigenvalue weighted by molar-refractivity contribution is 0.0455. The number of ether oxygens (including phenoxy) is 1. The molecule has 0 unspecified atom stereocenters. The van der Waals surface area contributed by atoms with Crippen LogP contribution >= 0.6 is 23.4 Å². The first-order chi connectivity index (χ1) is 8.15. The van der Waals surface area contributed by atoms with Crippen LogP contribution in [0.1, 0.15) is 19.4 Å². The third kappa shape index (κ3) is 3.88. The summed E-state index contributed by atoms with van der Waals surface area (Å²) in [6, 6.07) is 6.61. The van der Waals surface area contributed by atoms with E-state index in [1.807, 2.05) is 17.8 Å². The average Bonchev–Trinajstić information content (AvgIpc) is 2.22. The Kier molecular flexibility index (Phi) is 4.74. The van der Waals surface area contributed by atoms with Gasteiger partial charge in [-0.15, -0.1) is 11.8 Å². The lowest BCUT2D eigenvalue weighted by Gasteiger charge is -2.26. The first kappa shape index (κ1) is 13.2. The van der Waals surface area contributed by atoms with Crippen molar-refractivity contribution in [1.82, 2.24) is 5.32 Å². The highest BCUT2D eigenvalue weighted by Gasteiger charge is 2.20. The Morgan fingerprint density at radius 1 is 1.47 bits per heavy atom. The van der Waals surface area contributed by atoms with E-state index in [1.54, 1.807) is 0 Å². The number of halogens is 1. The molecule has 0 radical (unpaired) electrons. The van der Waals surface area contributed by atoms with E-state index in [4.69, 9.17) is 16.3 Å². The van der Waals surface area contributed by atoms with E-state index in [9.17, 15) is 0 Å².